The van der Waals surface area contributed by atoms with Crippen molar-refractivity contribution in [2.45, 2.75) is 33.2 Å². The van der Waals surface area contributed by atoms with Gasteiger partial charge >= 0.3 is 0 Å². The van der Waals surface area contributed by atoms with Crippen LogP contribution in [-0.2, 0) is 17.8 Å². The second kappa shape index (κ2) is 8.06. The zero-order valence-corrected chi connectivity index (χ0v) is 16.1. The molecule has 5 nitrogen and oxygen atoms in total. The molecule has 0 unspecified atom stereocenters. The number of aryl methyl sites for hydroxylation is 2. The monoisotopic (exact) mass is 358 g/mol. The molecule has 3 heterocycles. The van der Waals surface area contributed by atoms with E-state index in [1.165, 1.54) is 4.88 Å². The molecule has 0 spiro atoms. The number of aromatic nitrogens is 2. The van der Waals surface area contributed by atoms with E-state index in [1.54, 1.807) is 11.3 Å². The molecular weight excluding hydrogens is 332 g/mol. The molecule has 2 aromatic heterocycles. The highest BCUT2D eigenvalue weighted by atomic mass is 32.1. The maximum atomic E-state index is 12.5. The quantitative estimate of drug-likeness (QED) is 0.797. The topological polar surface area (TPSA) is 49.3 Å². The number of pyridine rings is 1. The maximum absolute atomic E-state index is 12.5. The van der Waals surface area contributed by atoms with E-state index in [2.05, 4.69) is 28.8 Å². The number of likely N-dealkylation sites (tertiary alicyclic amines) is 1. The summed E-state index contributed by atoms with van der Waals surface area (Å²) < 4.78 is 0. The van der Waals surface area contributed by atoms with Crippen molar-refractivity contribution in [3.63, 3.8) is 0 Å². The van der Waals surface area contributed by atoms with Gasteiger partial charge in [-0.3, -0.25) is 9.78 Å². The van der Waals surface area contributed by atoms with Crippen molar-refractivity contribution in [1.82, 2.24) is 19.8 Å². The zero-order chi connectivity index (χ0) is 17.8. The fourth-order valence-electron chi connectivity index (χ4n) is 3.33. The molecule has 1 aliphatic rings. The fourth-order valence-corrected chi connectivity index (χ4v) is 4.18. The first-order valence-corrected chi connectivity index (χ1v) is 9.66. The smallest absolute Gasteiger partial charge is 0.227 e. The van der Waals surface area contributed by atoms with Crippen molar-refractivity contribution in [3.05, 3.63) is 45.7 Å². The predicted octanol–water partition coefficient (Wildman–Crippen LogP) is 2.68. The third-order valence-electron chi connectivity index (χ3n) is 4.79. The zero-order valence-electron chi connectivity index (χ0n) is 15.2. The molecule has 0 N–H and O–H groups in total. The number of rotatable bonds is 6. The van der Waals surface area contributed by atoms with Crippen LogP contribution < -0.4 is 0 Å². The molecule has 25 heavy (non-hydrogen) atoms. The number of thiazole rings is 1. The van der Waals surface area contributed by atoms with Gasteiger partial charge in [-0.05, 0) is 44.9 Å². The Hall–Kier alpha value is -1.79. The van der Waals surface area contributed by atoms with Crippen molar-refractivity contribution in [1.29, 1.82) is 0 Å². The number of carbonyl (C=O) groups excluding carboxylic acids is 1. The number of hydrogen-bond acceptors (Lipinski definition) is 5. The van der Waals surface area contributed by atoms with E-state index < -0.39 is 0 Å². The summed E-state index contributed by atoms with van der Waals surface area (Å²) in [5.41, 5.74) is 5.02. The van der Waals surface area contributed by atoms with E-state index in [0.717, 1.165) is 49.6 Å². The molecule has 2 aromatic rings. The van der Waals surface area contributed by atoms with Crippen LogP contribution in [0, 0.1) is 19.8 Å². The Morgan fingerprint density at radius 3 is 2.88 bits per heavy atom. The first kappa shape index (κ1) is 18.0. The van der Waals surface area contributed by atoms with Crippen molar-refractivity contribution in [3.8, 4) is 0 Å². The van der Waals surface area contributed by atoms with Gasteiger partial charge in [-0.25, -0.2) is 4.98 Å². The summed E-state index contributed by atoms with van der Waals surface area (Å²) in [5.74, 6) is 0.771. The van der Waals surface area contributed by atoms with Crippen LogP contribution in [0.5, 0.6) is 0 Å². The Balaban J connectivity index is 1.47. The van der Waals surface area contributed by atoms with Gasteiger partial charge in [0.05, 0.1) is 17.6 Å². The van der Waals surface area contributed by atoms with Crippen molar-refractivity contribution >= 4 is 17.2 Å². The molecule has 0 radical (unpaired) electrons. The highest BCUT2D eigenvalue weighted by molar-refractivity contribution is 7.09. The van der Waals surface area contributed by atoms with E-state index in [0.29, 0.717) is 12.3 Å². The molecule has 1 aliphatic heterocycles. The Kier molecular flexibility index (Phi) is 5.81. The van der Waals surface area contributed by atoms with Crippen LogP contribution in [0.1, 0.15) is 28.2 Å². The van der Waals surface area contributed by atoms with Gasteiger partial charge in [-0.15, -0.1) is 11.3 Å². The van der Waals surface area contributed by atoms with Crippen LogP contribution in [-0.4, -0.2) is 52.4 Å². The second-order valence-corrected chi connectivity index (χ2v) is 7.98. The first-order chi connectivity index (χ1) is 12.0. The van der Waals surface area contributed by atoms with Gasteiger partial charge in [-0.2, -0.15) is 0 Å². The summed E-state index contributed by atoms with van der Waals surface area (Å²) in [6.45, 7) is 7.72. The van der Waals surface area contributed by atoms with Crippen LogP contribution in [0.2, 0.25) is 0 Å². The predicted molar refractivity (Wildman–Crippen MR) is 101 cm³/mol. The van der Waals surface area contributed by atoms with Gasteiger partial charge in [0.2, 0.25) is 5.91 Å². The molecule has 1 atom stereocenters. The van der Waals surface area contributed by atoms with Gasteiger partial charge in [0.1, 0.15) is 0 Å². The molecule has 0 aliphatic carbocycles. The standard InChI is InChI=1S/C19H26N4OS/c1-14-4-5-16(9-20-14)8-19(24)23-7-6-17(11-23)10-22(3)12-18-15(2)21-13-25-18/h4-5,9,13,17H,6-8,10-12H2,1-3H3/t17-/m1/s1. The molecule has 1 saturated heterocycles. The molecule has 1 amide bonds. The normalized spacial score (nSPS) is 17.4. The van der Waals surface area contributed by atoms with E-state index >= 15 is 0 Å². The summed E-state index contributed by atoms with van der Waals surface area (Å²) in [6.07, 6.45) is 3.35. The van der Waals surface area contributed by atoms with Gasteiger partial charge in [0, 0.05) is 42.9 Å². The first-order valence-electron chi connectivity index (χ1n) is 8.78. The van der Waals surface area contributed by atoms with E-state index in [9.17, 15) is 4.79 Å². The summed E-state index contributed by atoms with van der Waals surface area (Å²) in [5, 5.41) is 0. The van der Waals surface area contributed by atoms with Gasteiger partial charge in [0.25, 0.3) is 0 Å². The summed E-state index contributed by atoms with van der Waals surface area (Å²) in [7, 11) is 2.15. The minimum atomic E-state index is 0.217. The van der Waals surface area contributed by atoms with Crippen molar-refractivity contribution < 1.29 is 4.79 Å². The number of carbonyl (C=O) groups is 1. The van der Waals surface area contributed by atoms with Gasteiger partial charge in [0.15, 0.2) is 0 Å². The number of nitrogens with zero attached hydrogens (tertiary/aromatic N) is 4. The average Bonchev–Trinajstić information content (AvgIpc) is 3.19. The molecule has 134 valence electrons. The molecule has 0 saturated carbocycles. The third-order valence-corrected chi connectivity index (χ3v) is 5.71. The highest BCUT2D eigenvalue weighted by Gasteiger charge is 2.27. The maximum Gasteiger partial charge on any atom is 0.227 e. The Labute approximate surface area is 153 Å². The molecule has 0 bridgehead atoms. The van der Waals surface area contributed by atoms with Crippen LogP contribution in [0.4, 0.5) is 0 Å². The largest absolute Gasteiger partial charge is 0.342 e. The lowest BCUT2D eigenvalue weighted by Crippen LogP contribution is -2.32. The average molecular weight is 359 g/mol. The van der Waals surface area contributed by atoms with Crippen LogP contribution in [0.15, 0.2) is 23.8 Å². The lowest BCUT2D eigenvalue weighted by molar-refractivity contribution is -0.129. The molecule has 3 rings (SSSR count). The lowest BCUT2D eigenvalue weighted by Gasteiger charge is -2.21. The molecular formula is C19H26N4OS. The molecule has 6 heteroatoms. The van der Waals surface area contributed by atoms with Crippen LogP contribution in [0.3, 0.4) is 0 Å². The Morgan fingerprint density at radius 1 is 1.36 bits per heavy atom. The van der Waals surface area contributed by atoms with Crippen molar-refractivity contribution in [2.75, 3.05) is 26.7 Å². The van der Waals surface area contributed by atoms with E-state index in [-0.39, 0.29) is 5.91 Å². The number of amides is 1. The summed E-state index contributed by atoms with van der Waals surface area (Å²) in [6, 6.07) is 3.96. The highest BCUT2D eigenvalue weighted by Crippen LogP contribution is 2.20. The van der Waals surface area contributed by atoms with Gasteiger partial charge in [-0.1, -0.05) is 6.07 Å². The third kappa shape index (κ3) is 4.86. The van der Waals surface area contributed by atoms with Crippen molar-refractivity contribution in [2.24, 2.45) is 5.92 Å². The molecule has 0 aromatic carbocycles. The van der Waals surface area contributed by atoms with Gasteiger partial charge < -0.3 is 9.80 Å². The van der Waals surface area contributed by atoms with E-state index in [1.807, 2.05) is 35.7 Å². The lowest BCUT2D eigenvalue weighted by atomic mass is 10.1. The minimum Gasteiger partial charge on any atom is -0.342 e. The Morgan fingerprint density at radius 2 is 2.20 bits per heavy atom. The Bertz CT molecular complexity index is 712. The number of hydrogen-bond donors (Lipinski definition) is 0. The fraction of sp³-hybridized carbons (Fsp3) is 0.526. The second-order valence-electron chi connectivity index (χ2n) is 7.04. The summed E-state index contributed by atoms with van der Waals surface area (Å²) in [4.78, 5) is 26.8. The minimum absolute atomic E-state index is 0.217. The van der Waals surface area contributed by atoms with Crippen LogP contribution in [0.25, 0.3) is 0 Å². The molecule has 1 fully saturated rings. The van der Waals surface area contributed by atoms with Crippen LogP contribution >= 0.6 is 11.3 Å². The van der Waals surface area contributed by atoms with E-state index in [4.69, 9.17) is 0 Å². The SMILES string of the molecule is Cc1ccc(CC(=O)N2CC[C@H](CN(C)Cc3scnc3C)C2)cn1. The summed E-state index contributed by atoms with van der Waals surface area (Å²) >= 11 is 1.72.